The zero-order valence-corrected chi connectivity index (χ0v) is 9.93. The first kappa shape index (κ1) is 12.2. The van der Waals surface area contributed by atoms with Gasteiger partial charge < -0.3 is 10.4 Å². The fourth-order valence-corrected chi connectivity index (χ4v) is 1.85. The van der Waals surface area contributed by atoms with Gasteiger partial charge in [-0.3, -0.25) is 4.79 Å². The summed E-state index contributed by atoms with van der Waals surface area (Å²) in [6, 6.07) is 2.09. The number of hydrogen-bond acceptors (Lipinski definition) is 3. The van der Waals surface area contributed by atoms with Crippen molar-refractivity contribution in [2.75, 3.05) is 13.1 Å². The minimum absolute atomic E-state index is 0.506. The van der Waals surface area contributed by atoms with Crippen LogP contribution in [0, 0.1) is 5.41 Å². The zero-order valence-electron chi connectivity index (χ0n) is 9.12. The molecule has 0 atom stereocenters. The second-order valence-electron chi connectivity index (χ2n) is 4.25. The van der Waals surface area contributed by atoms with Crippen molar-refractivity contribution < 1.29 is 9.90 Å². The molecule has 0 aliphatic heterocycles. The van der Waals surface area contributed by atoms with E-state index in [0.717, 1.165) is 13.0 Å². The Kier molecular flexibility index (Phi) is 4.29. The number of thiophene rings is 1. The van der Waals surface area contributed by atoms with Crippen LogP contribution in [-0.4, -0.2) is 24.2 Å². The Labute approximate surface area is 94.1 Å². The molecule has 0 aliphatic carbocycles. The molecule has 1 aromatic heterocycles. The lowest BCUT2D eigenvalue weighted by Crippen LogP contribution is -2.36. The van der Waals surface area contributed by atoms with Gasteiger partial charge in [-0.25, -0.2) is 0 Å². The predicted octanol–water partition coefficient (Wildman–Crippen LogP) is 1.99. The van der Waals surface area contributed by atoms with Crippen molar-refractivity contribution in [1.82, 2.24) is 5.32 Å². The monoisotopic (exact) mass is 227 g/mol. The van der Waals surface area contributed by atoms with Crippen LogP contribution in [0.3, 0.4) is 0 Å². The fraction of sp³-hybridized carbons (Fsp3) is 0.545. The van der Waals surface area contributed by atoms with Crippen molar-refractivity contribution in [2.45, 2.75) is 20.3 Å². The third-order valence-electron chi connectivity index (χ3n) is 2.32. The largest absolute Gasteiger partial charge is 0.481 e. The van der Waals surface area contributed by atoms with E-state index in [-0.39, 0.29) is 0 Å². The van der Waals surface area contributed by atoms with Gasteiger partial charge in [-0.05, 0) is 49.2 Å². The Morgan fingerprint density at radius 1 is 1.60 bits per heavy atom. The summed E-state index contributed by atoms with van der Waals surface area (Å²) in [7, 11) is 0. The van der Waals surface area contributed by atoms with Crippen molar-refractivity contribution in [3.8, 4) is 0 Å². The van der Waals surface area contributed by atoms with Gasteiger partial charge in [0.25, 0.3) is 0 Å². The third-order valence-corrected chi connectivity index (χ3v) is 3.05. The molecule has 0 aromatic carbocycles. The normalized spacial score (nSPS) is 11.6. The lowest BCUT2D eigenvalue weighted by Gasteiger charge is -2.19. The molecule has 0 spiro atoms. The highest BCUT2D eigenvalue weighted by atomic mass is 32.1. The van der Waals surface area contributed by atoms with E-state index in [9.17, 15) is 4.79 Å². The first-order valence-corrected chi connectivity index (χ1v) is 5.92. The Bertz CT molecular complexity index is 306. The molecule has 2 N–H and O–H groups in total. The molecule has 0 saturated heterocycles. The number of aliphatic carboxylic acids is 1. The molecule has 3 nitrogen and oxygen atoms in total. The van der Waals surface area contributed by atoms with Gasteiger partial charge in [0.2, 0.25) is 0 Å². The molecule has 0 unspecified atom stereocenters. The maximum Gasteiger partial charge on any atom is 0.310 e. The van der Waals surface area contributed by atoms with Crippen LogP contribution in [0.5, 0.6) is 0 Å². The molecule has 1 rings (SSSR count). The topological polar surface area (TPSA) is 49.3 Å². The quantitative estimate of drug-likeness (QED) is 0.731. The number of carbonyl (C=O) groups is 1. The van der Waals surface area contributed by atoms with Crippen LogP contribution in [0.15, 0.2) is 16.8 Å². The molecular weight excluding hydrogens is 210 g/mol. The van der Waals surface area contributed by atoms with Crippen LogP contribution in [-0.2, 0) is 11.2 Å². The molecule has 84 valence electrons. The fourth-order valence-electron chi connectivity index (χ4n) is 1.14. The molecule has 0 radical (unpaired) electrons. The molecule has 4 heteroatoms. The van der Waals surface area contributed by atoms with E-state index < -0.39 is 11.4 Å². The Hall–Kier alpha value is -0.870. The predicted molar refractivity (Wildman–Crippen MR) is 62.3 cm³/mol. The number of carboxylic acids is 1. The summed E-state index contributed by atoms with van der Waals surface area (Å²) in [5.74, 6) is -0.759. The highest BCUT2D eigenvalue weighted by Crippen LogP contribution is 2.13. The van der Waals surface area contributed by atoms with E-state index in [1.807, 2.05) is 0 Å². The van der Waals surface area contributed by atoms with Gasteiger partial charge in [-0.15, -0.1) is 0 Å². The second-order valence-corrected chi connectivity index (χ2v) is 5.03. The number of rotatable bonds is 6. The van der Waals surface area contributed by atoms with Gasteiger partial charge in [0.1, 0.15) is 0 Å². The van der Waals surface area contributed by atoms with E-state index in [4.69, 9.17) is 5.11 Å². The highest BCUT2D eigenvalue weighted by Gasteiger charge is 2.26. The van der Waals surface area contributed by atoms with Crippen LogP contribution in [0.4, 0.5) is 0 Å². The lowest BCUT2D eigenvalue weighted by atomic mass is 9.94. The summed E-state index contributed by atoms with van der Waals surface area (Å²) in [4.78, 5) is 10.8. The highest BCUT2D eigenvalue weighted by molar-refractivity contribution is 7.07. The maximum absolute atomic E-state index is 10.8. The summed E-state index contributed by atoms with van der Waals surface area (Å²) in [6.07, 6.45) is 0.958. The third kappa shape index (κ3) is 4.01. The molecule has 0 amide bonds. The number of carboxylic acid groups (broad SMARTS) is 1. The summed E-state index contributed by atoms with van der Waals surface area (Å²) >= 11 is 1.69. The van der Waals surface area contributed by atoms with Crippen molar-refractivity contribution >= 4 is 17.3 Å². The Morgan fingerprint density at radius 2 is 2.33 bits per heavy atom. The minimum atomic E-state index is -0.759. The molecule has 0 fully saturated rings. The van der Waals surface area contributed by atoms with Gasteiger partial charge in [-0.2, -0.15) is 11.3 Å². The smallest absolute Gasteiger partial charge is 0.310 e. The molecule has 0 saturated carbocycles. The van der Waals surface area contributed by atoms with Crippen LogP contribution in [0.2, 0.25) is 0 Å². The van der Waals surface area contributed by atoms with E-state index in [2.05, 4.69) is 22.1 Å². The van der Waals surface area contributed by atoms with Crippen LogP contribution < -0.4 is 5.32 Å². The minimum Gasteiger partial charge on any atom is -0.481 e. The van der Waals surface area contributed by atoms with Crippen molar-refractivity contribution in [1.29, 1.82) is 0 Å². The number of hydrogen-bond donors (Lipinski definition) is 2. The van der Waals surface area contributed by atoms with Crippen molar-refractivity contribution in [3.63, 3.8) is 0 Å². The summed E-state index contributed by atoms with van der Waals surface area (Å²) < 4.78 is 0. The molecule has 0 bridgehead atoms. The Balaban J connectivity index is 2.19. The maximum atomic E-state index is 10.8. The van der Waals surface area contributed by atoms with Gasteiger partial charge in [0, 0.05) is 6.54 Å². The molecule has 15 heavy (non-hydrogen) atoms. The SMILES string of the molecule is CC(C)(CNCCc1ccsc1)C(=O)O. The average Bonchev–Trinajstić information content (AvgIpc) is 2.64. The van der Waals surface area contributed by atoms with E-state index >= 15 is 0 Å². The molecule has 1 heterocycles. The van der Waals surface area contributed by atoms with E-state index in [1.54, 1.807) is 25.2 Å². The van der Waals surface area contributed by atoms with Crippen LogP contribution >= 0.6 is 11.3 Å². The molecular formula is C11H17NO2S. The summed E-state index contributed by atoms with van der Waals surface area (Å²) in [5.41, 5.74) is 0.620. The average molecular weight is 227 g/mol. The lowest BCUT2D eigenvalue weighted by molar-refractivity contribution is -0.146. The standard InChI is InChI=1S/C11H17NO2S/c1-11(2,10(13)14)8-12-5-3-9-4-6-15-7-9/h4,6-7,12H,3,5,8H2,1-2H3,(H,13,14). The van der Waals surface area contributed by atoms with Gasteiger partial charge in [-0.1, -0.05) is 0 Å². The van der Waals surface area contributed by atoms with Gasteiger partial charge >= 0.3 is 5.97 Å². The van der Waals surface area contributed by atoms with Gasteiger partial charge in [0.05, 0.1) is 5.41 Å². The van der Waals surface area contributed by atoms with Crippen molar-refractivity contribution in [3.05, 3.63) is 22.4 Å². The van der Waals surface area contributed by atoms with Crippen LogP contribution in [0.1, 0.15) is 19.4 Å². The molecule has 0 aliphatic rings. The second kappa shape index (κ2) is 5.28. The summed E-state index contributed by atoms with van der Waals surface area (Å²) in [6.45, 7) is 4.79. The van der Waals surface area contributed by atoms with Crippen molar-refractivity contribution in [2.24, 2.45) is 5.41 Å². The zero-order chi connectivity index (χ0) is 11.3. The molecule has 1 aromatic rings. The summed E-state index contributed by atoms with van der Waals surface area (Å²) in [5, 5.41) is 16.2. The number of nitrogens with one attached hydrogen (secondary N) is 1. The van der Waals surface area contributed by atoms with Crippen LogP contribution in [0.25, 0.3) is 0 Å². The first-order valence-electron chi connectivity index (χ1n) is 4.97. The van der Waals surface area contributed by atoms with Gasteiger partial charge in [0.15, 0.2) is 0 Å². The van der Waals surface area contributed by atoms with E-state index in [0.29, 0.717) is 6.54 Å². The Morgan fingerprint density at radius 3 is 2.87 bits per heavy atom. The first-order chi connectivity index (χ1) is 7.02. The van der Waals surface area contributed by atoms with E-state index in [1.165, 1.54) is 5.56 Å².